The van der Waals surface area contributed by atoms with E-state index in [4.69, 9.17) is 0 Å². The van der Waals surface area contributed by atoms with Crippen molar-refractivity contribution in [2.45, 2.75) is 13.3 Å². The van der Waals surface area contributed by atoms with Gasteiger partial charge >= 0.3 is 0 Å². The monoisotopic (exact) mass is 429 g/mol. The molecular formula is C27H35N5. The van der Waals surface area contributed by atoms with Crippen molar-refractivity contribution >= 4 is 5.69 Å². The first-order valence-corrected chi connectivity index (χ1v) is 11.6. The number of aryl methyl sites for hydroxylation is 1. The summed E-state index contributed by atoms with van der Waals surface area (Å²) in [4.78, 5) is 2.47. The van der Waals surface area contributed by atoms with Gasteiger partial charge < -0.3 is 26.2 Å². The number of nitrogens with zero attached hydrogens (tertiary/aromatic N) is 1. The van der Waals surface area contributed by atoms with E-state index in [2.05, 4.69) is 106 Å². The van der Waals surface area contributed by atoms with Crippen LogP contribution in [0.15, 0.2) is 84.4 Å². The smallest absolute Gasteiger partial charge is 0.0843 e. The Bertz CT molecular complexity index is 977. The van der Waals surface area contributed by atoms with E-state index in [1.807, 2.05) is 7.05 Å². The minimum Gasteiger partial charge on any atom is -0.391 e. The summed E-state index contributed by atoms with van der Waals surface area (Å²) >= 11 is 0. The van der Waals surface area contributed by atoms with Gasteiger partial charge in [0, 0.05) is 55.9 Å². The molecular weight excluding hydrogens is 394 g/mol. The summed E-state index contributed by atoms with van der Waals surface area (Å²) in [6, 6.07) is 17.4. The fraction of sp³-hybridized carbons (Fsp3) is 0.333. The second-order valence-electron chi connectivity index (χ2n) is 8.45. The van der Waals surface area contributed by atoms with E-state index in [1.165, 1.54) is 33.8 Å². The van der Waals surface area contributed by atoms with E-state index < -0.39 is 0 Å². The molecule has 5 heteroatoms. The summed E-state index contributed by atoms with van der Waals surface area (Å²) in [5.74, 6) is 0.522. The zero-order chi connectivity index (χ0) is 22.2. The zero-order valence-corrected chi connectivity index (χ0v) is 19.2. The first-order valence-electron chi connectivity index (χ1n) is 11.6. The molecule has 2 aromatic rings. The lowest BCUT2D eigenvalue weighted by atomic mass is 9.97. The molecule has 1 unspecified atom stereocenters. The number of rotatable bonds is 10. The standard InChI is InChI=1S/C27H35N5/c1-21-16-23(22-8-4-3-5-9-22)12-13-27(21)32(19-25-18-30-20-31-25)15-14-29-17-24-10-6-7-11-26(24)28-2/h3-9,11-13,16,18,24,28-31H,10,14-15,17,19-20H2,1-2H3. The lowest BCUT2D eigenvalue weighted by Gasteiger charge is -2.28. The van der Waals surface area contributed by atoms with Crippen LogP contribution in [0.3, 0.4) is 0 Å². The Labute approximate surface area is 192 Å². The van der Waals surface area contributed by atoms with E-state index in [-0.39, 0.29) is 0 Å². The Morgan fingerprint density at radius 3 is 2.72 bits per heavy atom. The van der Waals surface area contributed by atoms with Gasteiger partial charge in [0.05, 0.1) is 13.2 Å². The molecule has 1 aliphatic heterocycles. The predicted octanol–water partition coefficient (Wildman–Crippen LogP) is 3.73. The molecule has 1 atom stereocenters. The summed E-state index contributed by atoms with van der Waals surface area (Å²) in [6.45, 7) is 6.77. The number of nitrogens with one attached hydrogen (secondary N) is 4. The van der Waals surface area contributed by atoms with Crippen molar-refractivity contribution in [2.24, 2.45) is 5.92 Å². The van der Waals surface area contributed by atoms with E-state index in [0.717, 1.165) is 39.3 Å². The molecule has 1 aliphatic carbocycles. The Morgan fingerprint density at radius 1 is 1.09 bits per heavy atom. The van der Waals surface area contributed by atoms with Crippen molar-refractivity contribution in [3.05, 3.63) is 89.9 Å². The van der Waals surface area contributed by atoms with Crippen LogP contribution in [0.25, 0.3) is 11.1 Å². The second-order valence-corrected chi connectivity index (χ2v) is 8.45. The molecule has 0 fully saturated rings. The number of benzene rings is 2. The van der Waals surface area contributed by atoms with Gasteiger partial charge in [-0.3, -0.25) is 0 Å². The number of allylic oxidation sites excluding steroid dienone is 3. The summed E-state index contributed by atoms with van der Waals surface area (Å²) in [5.41, 5.74) is 7.66. The lowest BCUT2D eigenvalue weighted by Crippen LogP contribution is -2.38. The highest BCUT2D eigenvalue weighted by Crippen LogP contribution is 2.27. The molecule has 2 aliphatic rings. The maximum atomic E-state index is 3.69. The fourth-order valence-corrected chi connectivity index (χ4v) is 4.45. The normalized spacial score (nSPS) is 17.2. The van der Waals surface area contributed by atoms with Crippen LogP contribution in [0.5, 0.6) is 0 Å². The Morgan fingerprint density at radius 2 is 1.97 bits per heavy atom. The van der Waals surface area contributed by atoms with Crippen LogP contribution < -0.4 is 26.2 Å². The van der Waals surface area contributed by atoms with Crippen molar-refractivity contribution in [3.8, 4) is 11.1 Å². The van der Waals surface area contributed by atoms with Gasteiger partial charge in [0.25, 0.3) is 0 Å². The molecule has 1 heterocycles. The van der Waals surface area contributed by atoms with Gasteiger partial charge in [-0.2, -0.15) is 0 Å². The quantitative estimate of drug-likeness (QED) is 0.434. The zero-order valence-electron chi connectivity index (χ0n) is 19.2. The molecule has 4 rings (SSSR count). The lowest BCUT2D eigenvalue weighted by molar-refractivity contribution is 0.515. The van der Waals surface area contributed by atoms with Crippen molar-refractivity contribution in [1.29, 1.82) is 0 Å². The average Bonchev–Trinajstić information content (AvgIpc) is 3.35. The van der Waals surface area contributed by atoms with Gasteiger partial charge in [-0.25, -0.2) is 0 Å². The Hall–Kier alpha value is -3.18. The Kier molecular flexibility index (Phi) is 7.51. The molecule has 168 valence electrons. The number of hydrogen-bond acceptors (Lipinski definition) is 5. The molecule has 32 heavy (non-hydrogen) atoms. The first-order chi connectivity index (χ1) is 15.7. The summed E-state index contributed by atoms with van der Waals surface area (Å²) in [5, 5.41) is 13.7. The van der Waals surface area contributed by atoms with Crippen LogP contribution in [0.1, 0.15) is 12.0 Å². The van der Waals surface area contributed by atoms with Gasteiger partial charge in [-0.1, -0.05) is 48.6 Å². The maximum absolute atomic E-state index is 3.69. The highest BCUT2D eigenvalue weighted by Gasteiger charge is 2.16. The highest BCUT2D eigenvalue weighted by atomic mass is 15.2. The predicted molar refractivity (Wildman–Crippen MR) is 135 cm³/mol. The van der Waals surface area contributed by atoms with Gasteiger partial charge in [0.15, 0.2) is 0 Å². The minimum atomic E-state index is 0.522. The molecule has 0 amide bonds. The molecule has 4 N–H and O–H groups in total. The first kappa shape index (κ1) is 22.0. The van der Waals surface area contributed by atoms with Crippen molar-refractivity contribution in [1.82, 2.24) is 21.3 Å². The number of hydrogen-bond donors (Lipinski definition) is 4. The third kappa shape index (κ3) is 5.54. The summed E-state index contributed by atoms with van der Waals surface area (Å²) in [7, 11) is 2.01. The van der Waals surface area contributed by atoms with Crippen molar-refractivity contribution in [3.63, 3.8) is 0 Å². The highest BCUT2D eigenvalue weighted by molar-refractivity contribution is 5.69. The van der Waals surface area contributed by atoms with Gasteiger partial charge in [0.2, 0.25) is 0 Å². The van der Waals surface area contributed by atoms with Gasteiger partial charge in [-0.15, -0.1) is 0 Å². The Balaban J connectivity index is 1.42. The third-order valence-electron chi connectivity index (χ3n) is 6.21. The van der Waals surface area contributed by atoms with E-state index >= 15 is 0 Å². The molecule has 5 nitrogen and oxygen atoms in total. The second kappa shape index (κ2) is 10.9. The number of anilines is 1. The van der Waals surface area contributed by atoms with Gasteiger partial charge in [-0.05, 0) is 48.2 Å². The largest absolute Gasteiger partial charge is 0.391 e. The minimum absolute atomic E-state index is 0.522. The average molecular weight is 430 g/mol. The van der Waals surface area contributed by atoms with Crippen molar-refractivity contribution < 1.29 is 0 Å². The molecule has 0 aromatic heterocycles. The van der Waals surface area contributed by atoms with E-state index in [9.17, 15) is 0 Å². The molecule has 0 radical (unpaired) electrons. The molecule has 0 saturated carbocycles. The van der Waals surface area contributed by atoms with Gasteiger partial charge in [0.1, 0.15) is 0 Å². The maximum Gasteiger partial charge on any atom is 0.0843 e. The van der Waals surface area contributed by atoms with Crippen LogP contribution in [0, 0.1) is 12.8 Å². The molecule has 0 spiro atoms. The summed E-state index contributed by atoms with van der Waals surface area (Å²) < 4.78 is 0. The fourth-order valence-electron chi connectivity index (χ4n) is 4.45. The van der Waals surface area contributed by atoms with E-state index in [1.54, 1.807) is 0 Å². The topological polar surface area (TPSA) is 51.4 Å². The molecule has 0 bridgehead atoms. The van der Waals surface area contributed by atoms with Crippen molar-refractivity contribution in [2.75, 3.05) is 44.8 Å². The van der Waals surface area contributed by atoms with E-state index in [0.29, 0.717) is 5.92 Å². The van der Waals surface area contributed by atoms with Crippen LogP contribution in [0.4, 0.5) is 5.69 Å². The molecule has 0 saturated heterocycles. The SMILES string of the molecule is CNC1=CC=CCC1CNCCN(CC1=CNCN1)c1ccc(-c2ccccc2)cc1C. The van der Waals surface area contributed by atoms with Crippen LogP contribution in [-0.2, 0) is 0 Å². The molecule has 2 aromatic carbocycles. The van der Waals surface area contributed by atoms with Crippen LogP contribution in [-0.4, -0.2) is 39.9 Å². The van der Waals surface area contributed by atoms with Crippen LogP contribution >= 0.6 is 0 Å². The van der Waals surface area contributed by atoms with Crippen LogP contribution in [0.2, 0.25) is 0 Å². The summed E-state index contributed by atoms with van der Waals surface area (Å²) in [6.07, 6.45) is 9.76. The third-order valence-corrected chi connectivity index (χ3v) is 6.21.